The Labute approximate surface area is 195 Å². The van der Waals surface area contributed by atoms with Gasteiger partial charge in [-0.1, -0.05) is 90.9 Å². The Kier molecular flexibility index (Phi) is 32.3. The molecule has 0 fully saturated rings. The van der Waals surface area contributed by atoms with Crippen molar-refractivity contribution in [3.05, 3.63) is 0 Å². The average Bonchev–Trinajstić information content (AvgIpc) is 2.53. The number of unbranched alkanes of at least 4 members (excludes halogenated alkanes) is 12. The minimum atomic E-state index is -0.913. The fraction of sp³-hybridized carbons (Fsp3) is 0.900. The number of carboxylic acid groups (broad SMARTS) is 2. The fourth-order valence-electron chi connectivity index (χ4n) is 2.45. The first-order chi connectivity index (χ1) is 11.5. The van der Waals surface area contributed by atoms with E-state index >= 15 is 0 Å². The Morgan fingerprint density at radius 1 is 0.520 bits per heavy atom. The van der Waals surface area contributed by atoms with Gasteiger partial charge in [-0.2, -0.15) is 0 Å². The molecule has 0 saturated heterocycles. The van der Waals surface area contributed by atoms with E-state index in [9.17, 15) is 19.8 Å². The predicted molar refractivity (Wildman–Crippen MR) is 101 cm³/mol. The van der Waals surface area contributed by atoms with Crippen LogP contribution in [0.3, 0.4) is 0 Å². The van der Waals surface area contributed by atoms with Crippen molar-refractivity contribution in [1.29, 1.82) is 0 Å². The number of hydrogen-bond acceptors (Lipinski definition) is 4. The summed E-state index contributed by atoms with van der Waals surface area (Å²) in [5.41, 5.74) is 0. The Balaban J connectivity index is -0.000000372. The van der Waals surface area contributed by atoms with Gasteiger partial charge in [0.1, 0.15) is 0 Å². The first-order valence-electron chi connectivity index (χ1n) is 9.94. The summed E-state index contributed by atoms with van der Waals surface area (Å²) in [5, 5.41) is 20.0. The number of aliphatic carboxylic acids is 2. The number of carbonyl (C=O) groups is 2. The molecule has 0 aromatic carbocycles. The maximum Gasteiger partial charge on any atom is 2.00 e. The average molecular weight is 480 g/mol. The van der Waals surface area contributed by atoms with Crippen LogP contribution in [0.25, 0.3) is 0 Å². The molecule has 0 spiro atoms. The molecule has 0 rings (SSSR count). The van der Waals surface area contributed by atoms with Crippen LogP contribution in [0.15, 0.2) is 0 Å². The van der Waals surface area contributed by atoms with Gasteiger partial charge in [-0.15, -0.1) is 0 Å². The molecule has 0 atom stereocenters. The van der Waals surface area contributed by atoms with E-state index in [-0.39, 0.29) is 61.7 Å². The zero-order valence-corrected chi connectivity index (χ0v) is 21.1. The van der Waals surface area contributed by atoms with Crippen molar-refractivity contribution in [2.45, 2.75) is 117 Å². The molecule has 4 nitrogen and oxygen atoms in total. The van der Waals surface area contributed by atoms with Gasteiger partial charge in [-0.25, -0.2) is 0 Å². The van der Waals surface area contributed by atoms with Crippen LogP contribution in [0, 0.1) is 0 Å². The smallest absolute Gasteiger partial charge is 0.550 e. The molecule has 0 bridgehead atoms. The van der Waals surface area contributed by atoms with Crippen LogP contribution in [0.5, 0.6) is 0 Å². The molecule has 0 aliphatic rings. The van der Waals surface area contributed by atoms with E-state index in [0.717, 1.165) is 25.7 Å². The summed E-state index contributed by atoms with van der Waals surface area (Å²) < 4.78 is 0. The normalized spacial score (nSPS) is 9.68. The van der Waals surface area contributed by atoms with Gasteiger partial charge in [0.15, 0.2) is 0 Å². The van der Waals surface area contributed by atoms with Gasteiger partial charge in [0.2, 0.25) is 0 Å². The number of rotatable bonds is 16. The molecule has 0 N–H and O–H groups in total. The third-order valence-electron chi connectivity index (χ3n) is 3.97. The molecule has 0 unspecified atom stereocenters. The van der Waals surface area contributed by atoms with Gasteiger partial charge in [0.05, 0.1) is 0 Å². The zero-order chi connectivity index (χ0) is 18.5. The summed E-state index contributed by atoms with van der Waals surface area (Å²) in [6, 6.07) is 0. The van der Waals surface area contributed by atoms with Crippen LogP contribution in [0.2, 0.25) is 0 Å². The third-order valence-corrected chi connectivity index (χ3v) is 3.97. The predicted octanol–water partition coefficient (Wildman–Crippen LogP) is 3.37. The van der Waals surface area contributed by atoms with Crippen LogP contribution >= 0.6 is 0 Å². The van der Waals surface area contributed by atoms with E-state index in [1.807, 2.05) is 0 Å². The largest absolute Gasteiger partial charge is 2.00 e. The number of hydrogen-bond donors (Lipinski definition) is 0. The maximum absolute atomic E-state index is 10.0. The summed E-state index contributed by atoms with van der Waals surface area (Å²) in [7, 11) is 0. The molecule has 0 saturated carbocycles. The molecular weight excluding hydrogens is 442 g/mol. The van der Waals surface area contributed by atoms with E-state index < -0.39 is 11.9 Å². The van der Waals surface area contributed by atoms with Crippen LogP contribution in [0.1, 0.15) is 117 Å². The molecule has 0 amide bonds. The van der Waals surface area contributed by atoms with Crippen LogP contribution in [-0.4, -0.2) is 60.8 Å². The van der Waals surface area contributed by atoms with Crippen molar-refractivity contribution in [2.75, 3.05) is 0 Å². The first kappa shape index (κ1) is 30.2. The van der Waals surface area contributed by atoms with E-state index in [2.05, 4.69) is 13.8 Å². The van der Waals surface area contributed by atoms with Gasteiger partial charge in [-0.3, -0.25) is 0 Å². The van der Waals surface area contributed by atoms with E-state index in [1.165, 1.54) is 64.2 Å². The van der Waals surface area contributed by atoms with Crippen LogP contribution in [-0.2, 0) is 9.59 Å². The van der Waals surface area contributed by atoms with Gasteiger partial charge in [0.25, 0.3) is 0 Å². The minimum Gasteiger partial charge on any atom is -0.550 e. The van der Waals surface area contributed by atoms with Crippen molar-refractivity contribution in [1.82, 2.24) is 0 Å². The Hall–Kier alpha value is 0.511. The van der Waals surface area contributed by atoms with Crippen molar-refractivity contribution >= 4 is 60.8 Å². The Bertz CT molecular complexity index is 255. The second-order valence-corrected chi connectivity index (χ2v) is 6.49. The molecule has 0 heterocycles. The number of carbonyl (C=O) groups excluding carboxylic acids is 2. The summed E-state index contributed by atoms with van der Waals surface area (Å²) in [5.74, 6) is -1.83. The minimum absolute atomic E-state index is 0. The molecule has 0 aliphatic heterocycles. The van der Waals surface area contributed by atoms with Gasteiger partial charge in [-0.05, 0) is 25.7 Å². The van der Waals surface area contributed by atoms with E-state index in [4.69, 9.17) is 0 Å². The quantitative estimate of drug-likeness (QED) is 0.251. The number of carboxylic acids is 2. The van der Waals surface area contributed by atoms with Crippen LogP contribution in [0.4, 0.5) is 0 Å². The molecule has 0 aromatic heterocycles. The maximum atomic E-state index is 10.0. The van der Waals surface area contributed by atoms with E-state index in [0.29, 0.717) is 0 Å². The third kappa shape index (κ3) is 36.2. The summed E-state index contributed by atoms with van der Waals surface area (Å²) in [4.78, 5) is 20.0. The zero-order valence-electron chi connectivity index (χ0n) is 16.7. The first-order valence-corrected chi connectivity index (χ1v) is 9.94. The van der Waals surface area contributed by atoms with Gasteiger partial charge in [0, 0.05) is 11.9 Å². The SMILES string of the molecule is CCCCCCCCCC(=O)[O-].CCCCCCCCCC(=O)[O-].[Ba+2]. The van der Waals surface area contributed by atoms with E-state index in [1.54, 1.807) is 0 Å². The second kappa shape index (κ2) is 26.7. The summed E-state index contributed by atoms with van der Waals surface area (Å²) in [6.07, 6.45) is 16.7. The van der Waals surface area contributed by atoms with Crippen LogP contribution < -0.4 is 10.2 Å². The second-order valence-electron chi connectivity index (χ2n) is 6.49. The van der Waals surface area contributed by atoms with Gasteiger partial charge < -0.3 is 19.8 Å². The fourth-order valence-corrected chi connectivity index (χ4v) is 2.45. The summed E-state index contributed by atoms with van der Waals surface area (Å²) >= 11 is 0. The Morgan fingerprint density at radius 2 is 0.760 bits per heavy atom. The summed E-state index contributed by atoms with van der Waals surface area (Å²) in [6.45, 7) is 4.38. The molecule has 0 radical (unpaired) electrons. The van der Waals surface area contributed by atoms with Crippen molar-refractivity contribution in [3.63, 3.8) is 0 Å². The molecule has 25 heavy (non-hydrogen) atoms. The topological polar surface area (TPSA) is 80.3 Å². The van der Waals surface area contributed by atoms with Crippen molar-refractivity contribution < 1.29 is 19.8 Å². The van der Waals surface area contributed by atoms with Crippen molar-refractivity contribution in [2.24, 2.45) is 0 Å². The van der Waals surface area contributed by atoms with Crippen molar-refractivity contribution in [3.8, 4) is 0 Å². The monoisotopic (exact) mass is 480 g/mol. The molecule has 144 valence electrons. The standard InChI is InChI=1S/2C10H20O2.Ba/c2*1-2-3-4-5-6-7-8-9-10(11)12;/h2*2-9H2,1H3,(H,11,12);/q;;+2/p-2. The Morgan fingerprint density at radius 3 is 1.00 bits per heavy atom. The van der Waals surface area contributed by atoms with Gasteiger partial charge >= 0.3 is 48.9 Å². The molecule has 0 aromatic rings. The molecule has 0 aliphatic carbocycles. The molecular formula is C20H38BaO4. The molecule has 5 heteroatoms.